The van der Waals surface area contributed by atoms with Crippen LogP contribution in [-0.2, 0) is 4.79 Å². The number of fused-ring (bicyclic) bond motifs is 3. The number of carbonyl (C=O) groups excluding carboxylic acids is 2. The Hall–Kier alpha value is -2.76. The summed E-state index contributed by atoms with van der Waals surface area (Å²) in [7, 11) is 0. The number of ketones is 2. The van der Waals surface area contributed by atoms with Gasteiger partial charge in [0.2, 0.25) is 0 Å². The van der Waals surface area contributed by atoms with Crippen molar-refractivity contribution >= 4 is 28.1 Å². The van der Waals surface area contributed by atoms with Crippen molar-refractivity contribution < 1.29 is 9.59 Å². The molecule has 0 radical (unpaired) electrons. The van der Waals surface area contributed by atoms with Crippen molar-refractivity contribution in [3.63, 3.8) is 0 Å². The van der Waals surface area contributed by atoms with Gasteiger partial charge in [-0.3, -0.25) is 18.8 Å². The van der Waals surface area contributed by atoms with E-state index in [9.17, 15) is 14.4 Å². The predicted molar refractivity (Wildman–Crippen MR) is 94.0 cm³/mol. The van der Waals surface area contributed by atoms with Crippen LogP contribution in [0.4, 0.5) is 0 Å². The molecule has 1 saturated carbocycles. The van der Waals surface area contributed by atoms with Crippen LogP contribution in [0, 0.1) is 5.92 Å². The summed E-state index contributed by atoms with van der Waals surface area (Å²) in [6.45, 7) is 3.86. The molecule has 6 nitrogen and oxygen atoms in total. The monoisotopic (exact) mass is 337 g/mol. The maximum atomic E-state index is 13.1. The van der Waals surface area contributed by atoms with Gasteiger partial charge in [-0.05, 0) is 38.8 Å². The zero-order chi connectivity index (χ0) is 17.7. The molecule has 2 aromatic heterocycles. The van der Waals surface area contributed by atoms with Gasteiger partial charge in [0.1, 0.15) is 23.3 Å². The summed E-state index contributed by atoms with van der Waals surface area (Å²) < 4.78 is 3.33. The third-order valence-corrected chi connectivity index (χ3v) is 4.74. The third-order valence-electron chi connectivity index (χ3n) is 4.74. The van der Waals surface area contributed by atoms with Crippen molar-refractivity contribution in [1.82, 2.24) is 14.0 Å². The number of hydrogen-bond donors (Lipinski definition) is 0. The Morgan fingerprint density at radius 3 is 2.52 bits per heavy atom. The minimum atomic E-state index is -0.373. The summed E-state index contributed by atoms with van der Waals surface area (Å²) in [4.78, 5) is 41.8. The van der Waals surface area contributed by atoms with Crippen LogP contribution in [0.1, 0.15) is 49.6 Å². The largest absolute Gasteiger partial charge is 0.302 e. The molecule has 2 heterocycles. The molecule has 0 unspecified atom stereocenters. The number of imidazole rings is 1. The number of para-hydroxylation sites is 2. The molecule has 4 rings (SSSR count). The number of nitrogens with zero attached hydrogens (tertiary/aromatic N) is 3. The van der Waals surface area contributed by atoms with Gasteiger partial charge in [-0.2, -0.15) is 0 Å². The first-order valence-electron chi connectivity index (χ1n) is 8.55. The number of hydrogen-bond acceptors (Lipinski definition) is 4. The van der Waals surface area contributed by atoms with Crippen LogP contribution >= 0.6 is 0 Å². The molecule has 0 atom stereocenters. The van der Waals surface area contributed by atoms with Gasteiger partial charge in [-0.15, -0.1) is 0 Å². The van der Waals surface area contributed by atoms with E-state index < -0.39 is 0 Å². The molecular weight excluding hydrogens is 318 g/mol. The van der Waals surface area contributed by atoms with Gasteiger partial charge in [0.15, 0.2) is 5.78 Å². The van der Waals surface area contributed by atoms with Crippen molar-refractivity contribution in [1.29, 1.82) is 0 Å². The first-order chi connectivity index (χ1) is 12.0. The Morgan fingerprint density at radius 1 is 1.20 bits per heavy atom. The zero-order valence-electron chi connectivity index (χ0n) is 14.2. The molecule has 0 amide bonds. The molecule has 1 aliphatic carbocycles. The predicted octanol–water partition coefficient (Wildman–Crippen LogP) is 2.78. The van der Waals surface area contributed by atoms with Gasteiger partial charge in [0, 0.05) is 12.0 Å². The zero-order valence-corrected chi connectivity index (χ0v) is 14.2. The fourth-order valence-electron chi connectivity index (χ4n) is 3.34. The maximum Gasteiger partial charge on any atom is 0.278 e. The quantitative estimate of drug-likeness (QED) is 0.530. The Kier molecular flexibility index (Phi) is 3.56. The average Bonchev–Trinajstić information content (AvgIpc) is 3.33. The smallest absolute Gasteiger partial charge is 0.278 e. The molecule has 128 valence electrons. The van der Waals surface area contributed by atoms with Crippen LogP contribution in [0.15, 0.2) is 35.4 Å². The van der Waals surface area contributed by atoms with Crippen molar-refractivity contribution in [3.8, 4) is 0 Å². The number of aromatic nitrogens is 3. The van der Waals surface area contributed by atoms with E-state index >= 15 is 0 Å². The molecule has 3 aromatic rings. The standard InChI is InChI=1S/C19H19N3O3/c1-11(2)22-14-6-4-3-5-13(14)21-10-20-17(18(21)19(22)25)16(24)9-15(23)12-7-8-12/h3-6,10-12H,7-9H2,1-2H3. The van der Waals surface area contributed by atoms with E-state index in [0.29, 0.717) is 0 Å². The van der Waals surface area contributed by atoms with Gasteiger partial charge < -0.3 is 4.57 Å². The maximum absolute atomic E-state index is 13.1. The van der Waals surface area contributed by atoms with Gasteiger partial charge in [0.05, 0.1) is 17.5 Å². The minimum absolute atomic E-state index is 0.0194. The molecule has 1 fully saturated rings. The lowest BCUT2D eigenvalue weighted by atomic mass is 10.1. The van der Waals surface area contributed by atoms with Crippen molar-refractivity contribution in [2.75, 3.05) is 0 Å². The Morgan fingerprint density at radius 2 is 1.88 bits per heavy atom. The number of Topliss-reactive ketones (excluding diaryl/α,β-unsaturated/α-hetero) is 2. The van der Waals surface area contributed by atoms with Gasteiger partial charge in [-0.25, -0.2) is 4.98 Å². The van der Waals surface area contributed by atoms with E-state index in [-0.39, 0.29) is 46.7 Å². The first kappa shape index (κ1) is 15.7. The summed E-state index contributed by atoms with van der Waals surface area (Å²) >= 11 is 0. The van der Waals surface area contributed by atoms with Gasteiger partial charge in [-0.1, -0.05) is 12.1 Å². The molecule has 0 aliphatic heterocycles. The molecule has 1 aliphatic rings. The molecular formula is C19H19N3O3. The van der Waals surface area contributed by atoms with E-state index in [1.165, 1.54) is 6.33 Å². The number of benzene rings is 1. The van der Waals surface area contributed by atoms with E-state index in [2.05, 4.69) is 4.98 Å². The lowest BCUT2D eigenvalue weighted by Crippen LogP contribution is -2.25. The van der Waals surface area contributed by atoms with E-state index in [4.69, 9.17) is 0 Å². The second-order valence-electron chi connectivity index (χ2n) is 6.91. The Balaban J connectivity index is 1.94. The molecule has 0 spiro atoms. The van der Waals surface area contributed by atoms with Crippen LogP contribution in [0.25, 0.3) is 16.6 Å². The van der Waals surface area contributed by atoms with Crippen LogP contribution in [-0.4, -0.2) is 25.5 Å². The number of rotatable bonds is 5. The van der Waals surface area contributed by atoms with Crippen LogP contribution in [0.5, 0.6) is 0 Å². The van der Waals surface area contributed by atoms with Crippen molar-refractivity contribution in [2.24, 2.45) is 5.92 Å². The molecule has 0 N–H and O–H groups in total. The highest BCUT2D eigenvalue weighted by Crippen LogP contribution is 2.31. The lowest BCUT2D eigenvalue weighted by molar-refractivity contribution is -0.119. The van der Waals surface area contributed by atoms with Crippen LogP contribution < -0.4 is 5.56 Å². The highest BCUT2D eigenvalue weighted by Gasteiger charge is 2.32. The van der Waals surface area contributed by atoms with Crippen LogP contribution in [0.2, 0.25) is 0 Å². The summed E-state index contributed by atoms with van der Waals surface area (Å²) in [5.41, 5.74) is 1.69. The van der Waals surface area contributed by atoms with Crippen molar-refractivity contribution in [2.45, 2.75) is 39.2 Å². The number of carbonyl (C=O) groups is 2. The Labute approximate surface area is 144 Å². The van der Waals surface area contributed by atoms with E-state index in [0.717, 1.165) is 23.9 Å². The second-order valence-corrected chi connectivity index (χ2v) is 6.91. The van der Waals surface area contributed by atoms with Gasteiger partial charge in [0.25, 0.3) is 5.56 Å². The highest BCUT2D eigenvalue weighted by molar-refractivity contribution is 6.11. The minimum Gasteiger partial charge on any atom is -0.302 e. The van der Waals surface area contributed by atoms with E-state index in [1.807, 2.05) is 38.1 Å². The van der Waals surface area contributed by atoms with Gasteiger partial charge >= 0.3 is 0 Å². The fourth-order valence-corrected chi connectivity index (χ4v) is 3.34. The molecule has 0 saturated heterocycles. The average molecular weight is 337 g/mol. The molecule has 6 heteroatoms. The van der Waals surface area contributed by atoms with Crippen LogP contribution in [0.3, 0.4) is 0 Å². The molecule has 1 aromatic carbocycles. The lowest BCUT2D eigenvalue weighted by Gasteiger charge is -2.15. The summed E-state index contributed by atoms with van der Waals surface area (Å²) in [5.74, 6) is -0.399. The highest BCUT2D eigenvalue weighted by atomic mass is 16.2. The van der Waals surface area contributed by atoms with E-state index in [1.54, 1.807) is 8.97 Å². The third kappa shape index (κ3) is 2.49. The summed E-state index contributed by atoms with van der Waals surface area (Å²) in [6.07, 6.45) is 3.05. The second kappa shape index (κ2) is 5.65. The Bertz CT molecular complexity index is 1070. The van der Waals surface area contributed by atoms with Crippen molar-refractivity contribution in [3.05, 3.63) is 46.6 Å². The summed E-state index contributed by atoms with van der Waals surface area (Å²) in [6, 6.07) is 7.48. The topological polar surface area (TPSA) is 73.4 Å². The first-order valence-corrected chi connectivity index (χ1v) is 8.55. The summed E-state index contributed by atoms with van der Waals surface area (Å²) in [5, 5.41) is 0. The SMILES string of the molecule is CC(C)n1c(=O)c2c(C(=O)CC(=O)C3CC3)ncn2c2ccccc21. The fraction of sp³-hybridized carbons (Fsp3) is 0.368. The molecule has 0 bridgehead atoms. The molecule has 25 heavy (non-hydrogen) atoms. The normalized spacial score (nSPS) is 14.5.